The van der Waals surface area contributed by atoms with Gasteiger partial charge in [0.15, 0.2) is 5.82 Å². The maximum absolute atomic E-state index is 14.8. The lowest BCUT2D eigenvalue weighted by molar-refractivity contribution is -0.926. The zero-order valence-electron chi connectivity index (χ0n) is 67.2. The topological polar surface area (TPSA) is 302 Å². The van der Waals surface area contributed by atoms with Crippen LogP contribution in [0.3, 0.4) is 0 Å². The molecule has 119 heavy (non-hydrogen) atoms. The summed E-state index contributed by atoms with van der Waals surface area (Å²) in [6.07, 6.45) is 0.316. The Morgan fingerprint density at radius 3 is 2.14 bits per heavy atom. The number of esters is 1. The van der Waals surface area contributed by atoms with Crippen molar-refractivity contribution < 1.29 is 70.7 Å². The number of nitrogens with one attached hydrogen (secondary N) is 3. The first-order chi connectivity index (χ1) is 57.6. The van der Waals surface area contributed by atoms with E-state index in [9.17, 15) is 28.4 Å². The number of thiophene rings is 1. The lowest BCUT2D eigenvalue weighted by atomic mass is 9.96. The van der Waals surface area contributed by atoms with E-state index in [1.165, 1.54) is 41.6 Å². The van der Waals surface area contributed by atoms with Gasteiger partial charge in [-0.05, 0) is 148 Å². The summed E-state index contributed by atoms with van der Waals surface area (Å²) in [5.41, 5.74) is 20.5. The van der Waals surface area contributed by atoms with Gasteiger partial charge >= 0.3 is 18.2 Å². The second kappa shape index (κ2) is 39.0. The molecule has 0 saturated carbocycles. The molecule has 4 amide bonds. The summed E-state index contributed by atoms with van der Waals surface area (Å²) in [4.78, 5) is 95.6. The van der Waals surface area contributed by atoms with Crippen LogP contribution in [0.15, 0.2) is 200 Å². The molecular formula is C90H92ClFN13O13S+. The molecule has 29 heteroatoms. The molecule has 13 rings (SSSR count). The zero-order chi connectivity index (χ0) is 83.7. The lowest BCUT2D eigenvalue weighted by Crippen LogP contribution is -2.57. The van der Waals surface area contributed by atoms with Crippen LogP contribution in [0.25, 0.3) is 64.7 Å². The number of para-hydroxylation sites is 2. The molecule has 8 aromatic carbocycles. The fourth-order valence-electron chi connectivity index (χ4n) is 14.6. The number of quaternary nitrogens is 1. The fourth-order valence-corrected chi connectivity index (χ4v) is 16.0. The highest BCUT2D eigenvalue weighted by Crippen LogP contribution is 2.50. The summed E-state index contributed by atoms with van der Waals surface area (Å²) < 4.78 is 63.7. The molecule has 1 fully saturated rings. The van der Waals surface area contributed by atoms with Gasteiger partial charge in [-0.1, -0.05) is 146 Å². The number of fused-ring (bicyclic) bond motifs is 4. The molecule has 0 spiro atoms. The maximum Gasteiger partial charge on any atom is 0.409 e. The van der Waals surface area contributed by atoms with Gasteiger partial charge in [-0.15, -0.1) is 11.3 Å². The average Bonchev–Trinajstić information content (AvgIpc) is 1.62. The summed E-state index contributed by atoms with van der Waals surface area (Å²) in [7, 11) is 7.06. The largest absolute Gasteiger partial charge is 0.497 e. The van der Waals surface area contributed by atoms with Crippen LogP contribution in [0.5, 0.6) is 28.9 Å². The highest BCUT2D eigenvalue weighted by Gasteiger charge is 2.35. The number of anilines is 1. The Balaban J connectivity index is 0.703. The number of hydrogen-bond acceptors (Lipinski definition) is 20. The summed E-state index contributed by atoms with van der Waals surface area (Å²) in [6.45, 7) is 11.3. The Morgan fingerprint density at radius 1 is 0.723 bits per heavy atom. The summed E-state index contributed by atoms with van der Waals surface area (Å²) >= 11 is 8.79. The highest BCUT2D eigenvalue weighted by atomic mass is 35.5. The predicted molar refractivity (Wildman–Crippen MR) is 452 cm³/mol. The van der Waals surface area contributed by atoms with Crippen LogP contribution in [0.2, 0.25) is 5.02 Å². The molecule has 1 saturated heterocycles. The van der Waals surface area contributed by atoms with Crippen LogP contribution in [0.4, 0.5) is 19.7 Å². The molecular weight excluding hydrogens is 1560 g/mol. The van der Waals surface area contributed by atoms with E-state index in [4.69, 9.17) is 70.0 Å². The van der Waals surface area contributed by atoms with E-state index >= 15 is 0 Å². The number of methoxy groups -OCH3 is 2. The minimum absolute atomic E-state index is 0.0234. The number of halogens is 2. The molecule has 11 aromatic rings. The zero-order valence-corrected chi connectivity index (χ0v) is 68.8. The van der Waals surface area contributed by atoms with Gasteiger partial charge < -0.3 is 63.2 Å². The number of benzene rings is 8. The number of carbonyl (C=O) groups excluding carboxylic acids is 5. The quantitative estimate of drug-likeness (QED) is 0.00642. The maximum atomic E-state index is 14.8. The van der Waals surface area contributed by atoms with Gasteiger partial charge in [0, 0.05) is 78.4 Å². The Bertz CT molecular complexity index is 5490. The number of nitrogens with zero attached hydrogens (tertiary/aromatic N) is 10. The second-order valence-electron chi connectivity index (χ2n) is 29.7. The van der Waals surface area contributed by atoms with Crippen LogP contribution in [0, 0.1) is 18.7 Å². The standard InChI is InChI=1S/C90H91ClFN13O13S/c1-55(2)81(101-89(109)114-45-39-97-102-93)85(107)98-57(4)84(106)100-64-32-29-61(62(47-64)49-103(5)90(110)117-53-73-70-20-12-10-18-68(70)69-19-11-13-21-71(69)73)50-105(6)43-40-104(41-44-105)42-46-113-76-36-35-67(56(3)80(76)91)78-79-86(95-54-96-87(79)119-82(78)59-27-30-63(92)31-28-59)118-77(88(108)116-51-58-25-33-66(111-7)34-26-58)48-60-17-9-15-23-74(60)115-52-65-37-38-94-83(99-65)72-22-14-16-24-75(72)112-8/h9-38,47,54-55,57,73,77,81H,39-46,48-53H2,1-8H3,(H2-,98,100,101,106,107,109)/p+1/t57-,77+,81-/m0/s1. The van der Waals surface area contributed by atoms with Gasteiger partial charge in [0.1, 0.15) is 85.0 Å². The predicted octanol–water partition coefficient (Wildman–Crippen LogP) is 16.1. The first-order valence-corrected chi connectivity index (χ1v) is 40.2. The van der Waals surface area contributed by atoms with E-state index in [2.05, 4.69) is 67.2 Å². The molecule has 3 N–H and O–H groups in total. The number of hydrogen-bond donors (Lipinski definition) is 3. The molecule has 1 aliphatic heterocycles. The van der Waals surface area contributed by atoms with Gasteiger partial charge in [-0.2, -0.15) is 0 Å². The van der Waals surface area contributed by atoms with Crippen molar-refractivity contribution >= 4 is 68.8 Å². The van der Waals surface area contributed by atoms with Gasteiger partial charge in [0.25, 0.3) is 0 Å². The molecule has 0 unspecified atom stereocenters. The summed E-state index contributed by atoms with van der Waals surface area (Å²) in [5, 5.41) is 12.4. The molecule has 3 aromatic heterocycles. The van der Waals surface area contributed by atoms with Gasteiger partial charge in [-0.3, -0.25) is 14.5 Å². The van der Waals surface area contributed by atoms with Crippen molar-refractivity contribution in [2.45, 2.75) is 84.5 Å². The van der Waals surface area contributed by atoms with Crippen molar-refractivity contribution in [3.05, 3.63) is 260 Å². The van der Waals surface area contributed by atoms with Crippen molar-refractivity contribution in [3.63, 3.8) is 0 Å². The molecule has 614 valence electrons. The number of likely N-dealkylation sites (N-methyl/N-ethyl adjacent to an activating group) is 1. The average molecular weight is 1650 g/mol. The second-order valence-corrected chi connectivity index (χ2v) is 31.1. The van der Waals surface area contributed by atoms with Crippen LogP contribution in [0.1, 0.15) is 71.3 Å². The number of alkyl carbamates (subject to hydrolysis) is 1. The van der Waals surface area contributed by atoms with Crippen LogP contribution in [-0.4, -0.2) is 170 Å². The minimum Gasteiger partial charge on any atom is -0.497 e. The number of carbonyl (C=O) groups is 5. The molecule has 1 aliphatic carbocycles. The first kappa shape index (κ1) is 84.2. The van der Waals surface area contributed by atoms with Crippen molar-refractivity contribution in [2.75, 3.05) is 92.7 Å². The van der Waals surface area contributed by atoms with Crippen LogP contribution < -0.4 is 39.6 Å². The van der Waals surface area contributed by atoms with Gasteiger partial charge in [-0.25, -0.2) is 38.7 Å². The van der Waals surface area contributed by atoms with Gasteiger partial charge in [0.2, 0.25) is 23.8 Å². The molecule has 2 aliphatic rings. The van der Waals surface area contributed by atoms with Crippen LogP contribution in [-0.2, 0) is 61.3 Å². The van der Waals surface area contributed by atoms with E-state index in [-0.39, 0.29) is 63.7 Å². The molecule has 0 bridgehead atoms. The minimum atomic E-state index is -1.30. The van der Waals surface area contributed by atoms with E-state index < -0.39 is 54.0 Å². The smallest absolute Gasteiger partial charge is 0.409 e. The van der Waals surface area contributed by atoms with E-state index in [1.807, 2.05) is 122 Å². The Kier molecular flexibility index (Phi) is 27.6. The van der Waals surface area contributed by atoms with Crippen molar-refractivity contribution in [1.82, 2.24) is 40.4 Å². The van der Waals surface area contributed by atoms with E-state index in [1.54, 1.807) is 71.6 Å². The SMILES string of the molecule is COc1ccc(COC(=O)[C@@H](Cc2ccccc2OCc2ccnc(-c3ccccc3OC)n2)Oc2ncnc3sc(-c4ccc(F)cc4)c(-c4ccc(OCCN5CC[N+](C)(Cc6ccc(NC(=O)[C@H](C)NC(=O)[C@@H](NC(=O)OCCN=[N+]=[N-])C(C)C)cc6CN(C)C(=O)OCC6c7ccccc7-c7ccccc76)CC5)c(Cl)c4C)c23)cc1. The monoisotopic (exact) mass is 1650 g/mol. The summed E-state index contributed by atoms with van der Waals surface area (Å²) in [6, 6.07) is 53.6. The molecule has 4 heterocycles. The van der Waals surface area contributed by atoms with Crippen molar-refractivity contribution in [1.29, 1.82) is 0 Å². The Labute approximate surface area is 697 Å². The number of aromatic nitrogens is 4. The van der Waals surface area contributed by atoms with E-state index in [0.717, 1.165) is 70.7 Å². The Morgan fingerprint density at radius 2 is 1.43 bits per heavy atom. The van der Waals surface area contributed by atoms with Crippen LogP contribution >= 0.6 is 22.9 Å². The van der Waals surface area contributed by atoms with E-state index in [0.29, 0.717) is 112 Å². The number of amides is 4. The third-order valence-electron chi connectivity index (χ3n) is 21.2. The normalized spacial score (nSPS) is 13.6. The third-order valence-corrected chi connectivity index (χ3v) is 22.8. The Hall–Kier alpha value is -12.7. The third kappa shape index (κ3) is 20.6. The highest BCUT2D eigenvalue weighted by molar-refractivity contribution is 7.22. The number of ether oxygens (including phenoxy) is 8. The molecule has 26 nitrogen and oxygen atoms in total. The fraction of sp³-hybridized carbons (Fsp3) is 0.300. The van der Waals surface area contributed by atoms with Crippen molar-refractivity contribution in [2.24, 2.45) is 11.0 Å². The van der Waals surface area contributed by atoms with Gasteiger partial charge in [0.05, 0.1) is 69.2 Å². The number of azide groups is 1. The molecule has 0 radical (unpaired) electrons. The number of rotatable bonds is 34. The molecule has 3 atom stereocenters. The lowest BCUT2D eigenvalue weighted by Gasteiger charge is -2.42. The van der Waals surface area contributed by atoms with Crippen molar-refractivity contribution in [3.8, 4) is 73.0 Å². The first-order valence-electron chi connectivity index (χ1n) is 39.0. The number of piperazine rings is 1. The summed E-state index contributed by atoms with van der Waals surface area (Å²) in [5.74, 6) is -0.0112.